The van der Waals surface area contributed by atoms with E-state index < -0.39 is 6.17 Å². The molecule has 1 N–H and O–H groups in total. The summed E-state index contributed by atoms with van der Waals surface area (Å²) >= 11 is 1.44. The lowest BCUT2D eigenvalue weighted by atomic mass is 9.93. The predicted molar refractivity (Wildman–Crippen MR) is 91.5 cm³/mol. The first-order valence-corrected chi connectivity index (χ1v) is 8.36. The normalized spacial score (nSPS) is 17.1. The van der Waals surface area contributed by atoms with Gasteiger partial charge in [-0.3, -0.25) is 5.10 Å². The van der Waals surface area contributed by atoms with Crippen molar-refractivity contribution >= 4 is 22.5 Å². The molecule has 7 nitrogen and oxygen atoms in total. The second kappa shape index (κ2) is 6.52. The Bertz CT molecular complexity index is 932. The second-order valence-electron chi connectivity index (χ2n) is 5.29. The summed E-state index contributed by atoms with van der Waals surface area (Å²) in [6.07, 6.45) is 7.47. The third-order valence-corrected chi connectivity index (χ3v) is 4.54. The lowest BCUT2D eigenvalue weighted by molar-refractivity contribution is 0.379. The van der Waals surface area contributed by atoms with Crippen LogP contribution in [0.4, 0.5) is 4.39 Å². The van der Waals surface area contributed by atoms with E-state index in [4.69, 9.17) is 4.74 Å². The summed E-state index contributed by atoms with van der Waals surface area (Å²) in [7, 11) is 1.50. The van der Waals surface area contributed by atoms with Crippen LogP contribution in [0.2, 0.25) is 0 Å². The van der Waals surface area contributed by atoms with Crippen LogP contribution >= 0.6 is 11.3 Å². The molecule has 3 aromatic rings. The molecule has 1 atom stereocenters. The molecule has 1 aliphatic carbocycles. The van der Waals surface area contributed by atoms with Gasteiger partial charge in [-0.1, -0.05) is 12.2 Å². The molecule has 1 unspecified atom stereocenters. The number of hydrogen-bond acceptors (Lipinski definition) is 7. The topological polar surface area (TPSA) is 89.5 Å². The first kappa shape index (κ1) is 15.6. The van der Waals surface area contributed by atoms with E-state index in [1.54, 1.807) is 24.7 Å². The fraction of sp³-hybridized carbons (Fsp3) is 0.188. The number of nitrogens with zero attached hydrogens (tertiary/aromatic N) is 5. The predicted octanol–water partition coefficient (Wildman–Crippen LogP) is 2.94. The number of allylic oxidation sites excluding steroid dienone is 4. The number of halogens is 1. The van der Waals surface area contributed by atoms with Crippen LogP contribution in [0.1, 0.15) is 17.8 Å². The van der Waals surface area contributed by atoms with E-state index in [1.165, 1.54) is 18.4 Å². The van der Waals surface area contributed by atoms with Gasteiger partial charge in [-0.05, 0) is 5.57 Å². The van der Waals surface area contributed by atoms with Crippen LogP contribution in [0.5, 0.6) is 6.01 Å². The van der Waals surface area contributed by atoms with Crippen LogP contribution in [0.3, 0.4) is 0 Å². The molecule has 25 heavy (non-hydrogen) atoms. The number of thiazole rings is 1. The Hall–Kier alpha value is -2.94. The maximum absolute atomic E-state index is 14.7. The summed E-state index contributed by atoms with van der Waals surface area (Å²) in [6.45, 7) is 0. The maximum atomic E-state index is 14.7. The van der Waals surface area contributed by atoms with Gasteiger partial charge in [0, 0.05) is 41.5 Å². The Balaban J connectivity index is 1.61. The Labute approximate surface area is 146 Å². The summed E-state index contributed by atoms with van der Waals surface area (Å²) in [5, 5.41) is 9.49. The van der Waals surface area contributed by atoms with Crippen molar-refractivity contribution in [3.63, 3.8) is 0 Å². The fourth-order valence-electron chi connectivity index (χ4n) is 2.51. The van der Waals surface area contributed by atoms with Crippen molar-refractivity contribution in [2.75, 3.05) is 7.11 Å². The first-order valence-electron chi connectivity index (χ1n) is 7.48. The van der Waals surface area contributed by atoms with Crippen molar-refractivity contribution in [3.8, 4) is 16.8 Å². The van der Waals surface area contributed by atoms with E-state index in [9.17, 15) is 4.39 Å². The molecule has 0 aromatic carbocycles. The molecule has 0 aliphatic heterocycles. The number of aromatic nitrogens is 6. The van der Waals surface area contributed by atoms with E-state index >= 15 is 0 Å². The molecule has 0 radical (unpaired) electrons. The minimum Gasteiger partial charge on any atom is -0.467 e. The molecule has 0 bridgehead atoms. The van der Waals surface area contributed by atoms with Crippen LogP contribution < -0.4 is 4.74 Å². The standard InChI is InChI=1S/C16H13FN6OS/c1-24-16-19-7-10(8-20-16)9-2-3-11(12(17)6-9)13-21-14(23-22-13)15-18-4-5-25-15/h2-5,7-8,12H,6H2,1H3,(H,21,22,23). The van der Waals surface area contributed by atoms with Crippen molar-refractivity contribution in [2.24, 2.45) is 0 Å². The van der Waals surface area contributed by atoms with Crippen LogP contribution in [-0.2, 0) is 0 Å². The van der Waals surface area contributed by atoms with Gasteiger partial charge < -0.3 is 4.74 Å². The molecule has 0 spiro atoms. The zero-order valence-corrected chi connectivity index (χ0v) is 14.0. The van der Waals surface area contributed by atoms with E-state index in [0.717, 1.165) is 16.1 Å². The SMILES string of the molecule is COc1ncc(C2=CC=C(c3n[nH]c(-c4nccs4)n3)C(F)C2)cn1. The van der Waals surface area contributed by atoms with Crippen molar-refractivity contribution in [3.05, 3.63) is 47.5 Å². The summed E-state index contributed by atoms with van der Waals surface area (Å²) in [5.74, 6) is 0.885. The number of H-pyrrole nitrogens is 1. The highest BCUT2D eigenvalue weighted by Gasteiger charge is 2.24. The third-order valence-electron chi connectivity index (χ3n) is 3.76. The molecule has 0 amide bonds. The molecule has 0 fully saturated rings. The van der Waals surface area contributed by atoms with Gasteiger partial charge in [-0.2, -0.15) is 5.10 Å². The van der Waals surface area contributed by atoms with Gasteiger partial charge in [0.2, 0.25) is 0 Å². The number of rotatable bonds is 4. The third kappa shape index (κ3) is 3.05. The zero-order chi connectivity index (χ0) is 17.2. The van der Waals surface area contributed by atoms with Gasteiger partial charge >= 0.3 is 6.01 Å². The molecule has 3 heterocycles. The molecule has 3 aromatic heterocycles. The van der Waals surface area contributed by atoms with Gasteiger partial charge in [-0.25, -0.2) is 24.3 Å². The molecule has 126 valence electrons. The van der Waals surface area contributed by atoms with Gasteiger partial charge in [-0.15, -0.1) is 11.3 Å². The maximum Gasteiger partial charge on any atom is 0.316 e. The highest BCUT2D eigenvalue weighted by atomic mass is 32.1. The number of aromatic amines is 1. The number of nitrogens with one attached hydrogen (secondary N) is 1. The molecule has 4 rings (SSSR count). The lowest BCUT2D eigenvalue weighted by Gasteiger charge is -2.17. The van der Waals surface area contributed by atoms with Crippen LogP contribution in [0, 0.1) is 0 Å². The van der Waals surface area contributed by atoms with Crippen molar-refractivity contribution in [1.82, 2.24) is 30.1 Å². The Morgan fingerprint density at radius 2 is 2.08 bits per heavy atom. The van der Waals surface area contributed by atoms with Gasteiger partial charge in [0.25, 0.3) is 0 Å². The Morgan fingerprint density at radius 1 is 1.24 bits per heavy atom. The average molecular weight is 356 g/mol. The van der Waals surface area contributed by atoms with Gasteiger partial charge in [0.1, 0.15) is 6.17 Å². The molecule has 0 saturated heterocycles. The van der Waals surface area contributed by atoms with E-state index in [2.05, 4.69) is 30.1 Å². The van der Waals surface area contributed by atoms with E-state index in [-0.39, 0.29) is 12.4 Å². The molecular formula is C16H13FN6OS. The molecular weight excluding hydrogens is 343 g/mol. The van der Waals surface area contributed by atoms with Gasteiger partial charge in [0.05, 0.1) is 7.11 Å². The highest BCUT2D eigenvalue weighted by Crippen LogP contribution is 2.33. The van der Waals surface area contributed by atoms with Crippen LogP contribution in [0.15, 0.2) is 36.1 Å². The van der Waals surface area contributed by atoms with Crippen LogP contribution in [0.25, 0.3) is 22.0 Å². The monoisotopic (exact) mass is 356 g/mol. The Morgan fingerprint density at radius 3 is 2.76 bits per heavy atom. The summed E-state index contributed by atoms with van der Waals surface area (Å²) < 4.78 is 19.6. The van der Waals surface area contributed by atoms with Crippen molar-refractivity contribution < 1.29 is 9.13 Å². The minimum atomic E-state index is -1.21. The zero-order valence-electron chi connectivity index (χ0n) is 13.2. The Kier molecular flexibility index (Phi) is 4.06. The molecule has 9 heteroatoms. The average Bonchev–Trinajstić information content (AvgIpc) is 3.33. The smallest absolute Gasteiger partial charge is 0.316 e. The van der Waals surface area contributed by atoms with E-state index in [0.29, 0.717) is 17.2 Å². The largest absolute Gasteiger partial charge is 0.467 e. The first-order chi connectivity index (χ1) is 12.2. The highest BCUT2D eigenvalue weighted by molar-refractivity contribution is 7.12. The summed E-state index contributed by atoms with van der Waals surface area (Å²) in [5.41, 5.74) is 2.02. The number of methoxy groups -OCH3 is 1. The number of alkyl halides is 1. The summed E-state index contributed by atoms with van der Waals surface area (Å²) in [4.78, 5) is 16.6. The van der Waals surface area contributed by atoms with Crippen molar-refractivity contribution in [1.29, 1.82) is 0 Å². The second-order valence-corrected chi connectivity index (χ2v) is 6.18. The van der Waals surface area contributed by atoms with Crippen molar-refractivity contribution in [2.45, 2.75) is 12.6 Å². The number of hydrogen-bond donors (Lipinski definition) is 1. The summed E-state index contributed by atoms with van der Waals surface area (Å²) in [6, 6.07) is 0.281. The lowest BCUT2D eigenvalue weighted by Crippen LogP contribution is -2.10. The number of ether oxygens (including phenoxy) is 1. The fourth-order valence-corrected chi connectivity index (χ4v) is 3.08. The van der Waals surface area contributed by atoms with Gasteiger partial charge in [0.15, 0.2) is 16.7 Å². The quantitative estimate of drug-likeness (QED) is 0.773. The van der Waals surface area contributed by atoms with Crippen LogP contribution in [-0.4, -0.2) is 43.4 Å². The minimum absolute atomic E-state index is 0.211. The van der Waals surface area contributed by atoms with E-state index in [1.807, 2.05) is 11.5 Å². The molecule has 0 saturated carbocycles. The molecule has 1 aliphatic rings.